The fourth-order valence-corrected chi connectivity index (χ4v) is 3.91. The van der Waals surface area contributed by atoms with Gasteiger partial charge in [-0.05, 0) is 25.1 Å². The number of anilines is 2. The zero-order valence-corrected chi connectivity index (χ0v) is 16.0. The van der Waals surface area contributed by atoms with Crippen LogP contribution in [0.25, 0.3) is 10.7 Å². The van der Waals surface area contributed by atoms with Gasteiger partial charge in [0.05, 0.1) is 16.8 Å². The number of imidazole rings is 1. The van der Waals surface area contributed by atoms with E-state index in [0.717, 1.165) is 22.7 Å². The van der Waals surface area contributed by atoms with Gasteiger partial charge in [-0.3, -0.25) is 14.8 Å². The molecule has 0 atom stereocenters. The Labute approximate surface area is 155 Å². The van der Waals surface area contributed by atoms with E-state index in [1.54, 1.807) is 24.4 Å². The lowest BCUT2D eigenvalue weighted by Gasteiger charge is -2.06. The topological polar surface area (TPSA) is 106 Å². The largest absolute Gasteiger partial charge is 0.333 e. The Morgan fingerprint density at radius 3 is 2.73 bits per heavy atom. The van der Waals surface area contributed by atoms with Gasteiger partial charge >= 0.3 is 0 Å². The number of hydrogen-bond donors (Lipinski definition) is 2. The van der Waals surface area contributed by atoms with E-state index in [9.17, 15) is 13.2 Å². The highest BCUT2D eigenvalue weighted by molar-refractivity contribution is 7.92. The first-order chi connectivity index (χ1) is 12.2. The van der Waals surface area contributed by atoms with Gasteiger partial charge in [0.2, 0.25) is 10.0 Å². The summed E-state index contributed by atoms with van der Waals surface area (Å²) in [5.41, 5.74) is 1.42. The standard InChI is InChI=1S/C16H17N5O3S2/c1-10-13(14-17-7-8-21(14)2)25-16(18-10)19-15(22)11-5-4-6-12(9-11)20-26(3,23)24/h4-9,20H,1-3H3,(H,18,19,22). The molecule has 8 nitrogen and oxygen atoms in total. The number of sulfonamides is 1. The van der Waals surface area contributed by atoms with Crippen LogP contribution in [0.2, 0.25) is 0 Å². The molecule has 3 rings (SSSR count). The molecular formula is C16H17N5O3S2. The number of carbonyl (C=O) groups excluding carboxylic acids is 1. The fraction of sp³-hybridized carbons (Fsp3) is 0.188. The minimum Gasteiger partial charge on any atom is -0.333 e. The van der Waals surface area contributed by atoms with Crippen LogP contribution in [-0.2, 0) is 17.1 Å². The molecule has 2 heterocycles. The molecule has 0 saturated heterocycles. The number of aryl methyl sites for hydroxylation is 2. The Morgan fingerprint density at radius 2 is 2.08 bits per heavy atom. The number of nitrogens with one attached hydrogen (secondary N) is 2. The third-order valence-corrected chi connectivity index (χ3v) is 5.14. The third-order valence-electron chi connectivity index (χ3n) is 3.47. The average molecular weight is 391 g/mol. The Bertz CT molecular complexity index is 1070. The van der Waals surface area contributed by atoms with Gasteiger partial charge in [0.25, 0.3) is 5.91 Å². The van der Waals surface area contributed by atoms with Crippen LogP contribution in [0.5, 0.6) is 0 Å². The maximum absolute atomic E-state index is 12.5. The molecule has 0 unspecified atom stereocenters. The lowest BCUT2D eigenvalue weighted by atomic mass is 10.2. The predicted octanol–water partition coefficient (Wildman–Crippen LogP) is 2.48. The molecule has 2 aromatic heterocycles. The number of benzene rings is 1. The first-order valence-corrected chi connectivity index (χ1v) is 10.3. The van der Waals surface area contributed by atoms with Gasteiger partial charge in [0, 0.05) is 30.7 Å². The highest BCUT2D eigenvalue weighted by atomic mass is 32.2. The molecule has 2 N–H and O–H groups in total. The monoisotopic (exact) mass is 391 g/mol. The highest BCUT2D eigenvalue weighted by Crippen LogP contribution is 2.31. The SMILES string of the molecule is Cc1nc(NC(=O)c2cccc(NS(C)(=O)=O)c2)sc1-c1nccn1C. The molecule has 0 aliphatic rings. The summed E-state index contributed by atoms with van der Waals surface area (Å²) in [6, 6.07) is 6.25. The van der Waals surface area contributed by atoms with E-state index in [1.165, 1.54) is 17.4 Å². The summed E-state index contributed by atoms with van der Waals surface area (Å²) in [5.74, 6) is 0.405. The summed E-state index contributed by atoms with van der Waals surface area (Å²) >= 11 is 1.33. The van der Waals surface area contributed by atoms with Crippen molar-refractivity contribution >= 4 is 38.1 Å². The van der Waals surface area contributed by atoms with Crippen LogP contribution in [0.3, 0.4) is 0 Å². The fourth-order valence-electron chi connectivity index (χ4n) is 2.35. The van der Waals surface area contributed by atoms with Crippen molar-refractivity contribution < 1.29 is 13.2 Å². The van der Waals surface area contributed by atoms with E-state index in [1.807, 2.05) is 24.7 Å². The van der Waals surface area contributed by atoms with Gasteiger partial charge in [0.15, 0.2) is 11.0 Å². The zero-order valence-electron chi connectivity index (χ0n) is 14.3. The molecule has 0 aliphatic heterocycles. The maximum Gasteiger partial charge on any atom is 0.257 e. The molecule has 0 radical (unpaired) electrons. The van der Waals surface area contributed by atoms with Crippen molar-refractivity contribution in [3.63, 3.8) is 0 Å². The molecule has 1 amide bonds. The minimum absolute atomic E-state index is 0.323. The summed E-state index contributed by atoms with van der Waals surface area (Å²) in [6.45, 7) is 1.85. The number of nitrogens with zero attached hydrogens (tertiary/aromatic N) is 3. The number of carbonyl (C=O) groups is 1. The van der Waals surface area contributed by atoms with Crippen molar-refractivity contribution in [3.8, 4) is 10.7 Å². The number of aromatic nitrogens is 3. The normalized spacial score (nSPS) is 11.3. The Balaban J connectivity index is 1.81. The van der Waals surface area contributed by atoms with Crippen LogP contribution in [0.15, 0.2) is 36.7 Å². The van der Waals surface area contributed by atoms with Crippen molar-refractivity contribution in [2.75, 3.05) is 16.3 Å². The molecule has 1 aromatic carbocycles. The Hall–Kier alpha value is -2.72. The van der Waals surface area contributed by atoms with Gasteiger partial charge in [-0.15, -0.1) is 0 Å². The smallest absolute Gasteiger partial charge is 0.257 e. The van der Waals surface area contributed by atoms with Gasteiger partial charge < -0.3 is 4.57 Å². The van der Waals surface area contributed by atoms with E-state index in [-0.39, 0.29) is 5.91 Å². The molecule has 0 bridgehead atoms. The van der Waals surface area contributed by atoms with Crippen LogP contribution in [0.1, 0.15) is 16.1 Å². The second-order valence-corrected chi connectivity index (χ2v) is 8.45. The Morgan fingerprint density at radius 1 is 1.31 bits per heavy atom. The minimum atomic E-state index is -3.41. The van der Waals surface area contributed by atoms with E-state index in [2.05, 4.69) is 20.0 Å². The highest BCUT2D eigenvalue weighted by Gasteiger charge is 2.16. The van der Waals surface area contributed by atoms with Crippen molar-refractivity contribution in [1.29, 1.82) is 0 Å². The number of thiazole rings is 1. The maximum atomic E-state index is 12.5. The van der Waals surface area contributed by atoms with Crippen LogP contribution >= 0.6 is 11.3 Å². The molecule has 0 aliphatic carbocycles. The van der Waals surface area contributed by atoms with Gasteiger partial charge in [-0.25, -0.2) is 18.4 Å². The second-order valence-electron chi connectivity index (χ2n) is 5.70. The number of rotatable bonds is 5. The van der Waals surface area contributed by atoms with Crippen molar-refractivity contribution in [3.05, 3.63) is 47.9 Å². The van der Waals surface area contributed by atoms with E-state index in [4.69, 9.17) is 0 Å². The second kappa shape index (κ2) is 6.89. The molecule has 26 heavy (non-hydrogen) atoms. The van der Waals surface area contributed by atoms with Crippen LogP contribution < -0.4 is 10.0 Å². The first kappa shape index (κ1) is 18.1. The predicted molar refractivity (Wildman–Crippen MR) is 102 cm³/mol. The molecule has 0 spiro atoms. The molecule has 0 saturated carbocycles. The van der Waals surface area contributed by atoms with Crippen LogP contribution in [0.4, 0.5) is 10.8 Å². The average Bonchev–Trinajstić information content (AvgIpc) is 3.11. The van der Waals surface area contributed by atoms with E-state index < -0.39 is 10.0 Å². The lowest BCUT2D eigenvalue weighted by Crippen LogP contribution is -2.13. The summed E-state index contributed by atoms with van der Waals surface area (Å²) in [7, 11) is -1.52. The summed E-state index contributed by atoms with van der Waals surface area (Å²) in [4.78, 5) is 22.0. The third kappa shape index (κ3) is 4.09. The summed E-state index contributed by atoms with van der Waals surface area (Å²) < 4.78 is 26.9. The van der Waals surface area contributed by atoms with Gasteiger partial charge in [0.1, 0.15) is 0 Å². The van der Waals surface area contributed by atoms with E-state index >= 15 is 0 Å². The van der Waals surface area contributed by atoms with Crippen LogP contribution in [0, 0.1) is 6.92 Å². The van der Waals surface area contributed by atoms with Crippen molar-refractivity contribution in [2.45, 2.75) is 6.92 Å². The number of amides is 1. The molecular weight excluding hydrogens is 374 g/mol. The van der Waals surface area contributed by atoms with Gasteiger partial charge in [-0.2, -0.15) is 0 Å². The quantitative estimate of drug-likeness (QED) is 0.695. The lowest BCUT2D eigenvalue weighted by molar-refractivity contribution is 0.102. The van der Waals surface area contributed by atoms with E-state index in [0.29, 0.717) is 16.4 Å². The molecule has 0 fully saturated rings. The first-order valence-electron chi connectivity index (χ1n) is 7.57. The Kier molecular flexibility index (Phi) is 4.79. The summed E-state index contributed by atoms with van der Waals surface area (Å²) in [6.07, 6.45) is 4.59. The molecule has 136 valence electrons. The zero-order chi connectivity index (χ0) is 18.9. The van der Waals surface area contributed by atoms with Crippen molar-refractivity contribution in [2.24, 2.45) is 7.05 Å². The summed E-state index contributed by atoms with van der Waals surface area (Å²) in [5, 5.41) is 3.20. The molecule has 10 heteroatoms. The van der Waals surface area contributed by atoms with Crippen LogP contribution in [-0.4, -0.2) is 35.1 Å². The molecule has 3 aromatic rings. The number of hydrogen-bond acceptors (Lipinski definition) is 6. The van der Waals surface area contributed by atoms with Crippen molar-refractivity contribution in [1.82, 2.24) is 14.5 Å². The van der Waals surface area contributed by atoms with Gasteiger partial charge in [-0.1, -0.05) is 17.4 Å².